The van der Waals surface area contributed by atoms with Gasteiger partial charge in [0.05, 0.1) is 12.3 Å². The molecule has 1 rings (SSSR count). The Morgan fingerprint density at radius 2 is 2.21 bits per heavy atom. The van der Waals surface area contributed by atoms with Crippen molar-refractivity contribution < 1.29 is 4.74 Å². The lowest BCUT2D eigenvalue weighted by Gasteiger charge is -2.16. The molecule has 0 fully saturated rings. The van der Waals surface area contributed by atoms with Gasteiger partial charge in [0.25, 0.3) is 0 Å². The second kappa shape index (κ2) is 5.14. The molecule has 0 aliphatic heterocycles. The SMILES string of the molecule is COCc1csc(CSC(C)(C)C)n1. The first-order valence-electron chi connectivity index (χ1n) is 4.57. The Balaban J connectivity index is 2.44. The average Bonchev–Trinajstić information content (AvgIpc) is 2.49. The third kappa shape index (κ3) is 4.44. The van der Waals surface area contributed by atoms with E-state index in [1.807, 2.05) is 11.8 Å². The van der Waals surface area contributed by atoms with Crippen LogP contribution in [0, 0.1) is 0 Å². The minimum Gasteiger partial charge on any atom is -0.378 e. The lowest BCUT2D eigenvalue weighted by molar-refractivity contribution is 0.182. The van der Waals surface area contributed by atoms with Crippen LogP contribution in [0.4, 0.5) is 0 Å². The molecule has 0 aliphatic rings. The van der Waals surface area contributed by atoms with Crippen LogP contribution in [0.2, 0.25) is 0 Å². The minimum absolute atomic E-state index is 0.313. The summed E-state index contributed by atoms with van der Waals surface area (Å²) in [4.78, 5) is 4.48. The number of aromatic nitrogens is 1. The molecule has 14 heavy (non-hydrogen) atoms. The summed E-state index contributed by atoms with van der Waals surface area (Å²) in [6.45, 7) is 7.29. The molecule has 0 unspecified atom stereocenters. The van der Waals surface area contributed by atoms with Crippen LogP contribution in [-0.4, -0.2) is 16.8 Å². The van der Waals surface area contributed by atoms with Gasteiger partial charge in [0.15, 0.2) is 0 Å². The molecule has 0 amide bonds. The summed E-state index contributed by atoms with van der Waals surface area (Å²) in [5.41, 5.74) is 1.04. The number of rotatable bonds is 4. The molecule has 0 saturated heterocycles. The van der Waals surface area contributed by atoms with Crippen LogP contribution in [0.3, 0.4) is 0 Å². The predicted molar refractivity (Wildman–Crippen MR) is 63.9 cm³/mol. The van der Waals surface area contributed by atoms with E-state index in [4.69, 9.17) is 4.74 Å². The maximum Gasteiger partial charge on any atom is 0.103 e. The van der Waals surface area contributed by atoms with Crippen molar-refractivity contribution in [3.8, 4) is 0 Å². The van der Waals surface area contributed by atoms with Gasteiger partial charge in [0, 0.05) is 23.0 Å². The topological polar surface area (TPSA) is 22.1 Å². The number of methoxy groups -OCH3 is 1. The molecule has 0 spiro atoms. The van der Waals surface area contributed by atoms with E-state index in [-0.39, 0.29) is 0 Å². The molecule has 0 bridgehead atoms. The van der Waals surface area contributed by atoms with Gasteiger partial charge in [0.1, 0.15) is 5.01 Å². The molecular formula is C10H17NOS2. The highest BCUT2D eigenvalue weighted by Crippen LogP contribution is 2.28. The van der Waals surface area contributed by atoms with Crippen molar-refractivity contribution in [2.24, 2.45) is 0 Å². The predicted octanol–water partition coefficient (Wildman–Crippen LogP) is 3.32. The van der Waals surface area contributed by atoms with E-state index in [0.29, 0.717) is 11.4 Å². The van der Waals surface area contributed by atoms with Crippen molar-refractivity contribution in [3.63, 3.8) is 0 Å². The fraction of sp³-hybridized carbons (Fsp3) is 0.700. The Labute approximate surface area is 94.1 Å². The maximum absolute atomic E-state index is 5.02. The van der Waals surface area contributed by atoms with Gasteiger partial charge >= 0.3 is 0 Å². The van der Waals surface area contributed by atoms with Crippen molar-refractivity contribution in [1.29, 1.82) is 0 Å². The van der Waals surface area contributed by atoms with E-state index in [1.54, 1.807) is 18.4 Å². The standard InChI is InChI=1S/C10H17NOS2/c1-10(2,3)14-7-9-11-8(5-12-4)6-13-9/h6H,5,7H2,1-4H3. The van der Waals surface area contributed by atoms with Crippen LogP contribution >= 0.6 is 23.1 Å². The summed E-state index contributed by atoms with van der Waals surface area (Å²) in [5.74, 6) is 0.998. The normalized spacial score (nSPS) is 12.0. The molecule has 0 N–H and O–H groups in total. The number of ether oxygens (including phenoxy) is 1. The molecule has 0 atom stereocenters. The molecule has 0 saturated carbocycles. The van der Waals surface area contributed by atoms with E-state index < -0.39 is 0 Å². The molecule has 4 heteroatoms. The fourth-order valence-electron chi connectivity index (χ4n) is 0.908. The van der Waals surface area contributed by atoms with Crippen LogP contribution in [0.25, 0.3) is 0 Å². The molecule has 1 heterocycles. The van der Waals surface area contributed by atoms with Crippen molar-refractivity contribution >= 4 is 23.1 Å². The first-order chi connectivity index (χ1) is 6.51. The largest absolute Gasteiger partial charge is 0.378 e. The second-order valence-electron chi connectivity index (χ2n) is 4.07. The van der Waals surface area contributed by atoms with Gasteiger partial charge in [-0.15, -0.1) is 23.1 Å². The van der Waals surface area contributed by atoms with Crippen LogP contribution in [0.5, 0.6) is 0 Å². The number of hydrogen-bond donors (Lipinski definition) is 0. The summed E-state index contributed by atoms with van der Waals surface area (Å²) < 4.78 is 5.34. The zero-order valence-electron chi connectivity index (χ0n) is 9.16. The highest BCUT2D eigenvalue weighted by Gasteiger charge is 2.12. The number of nitrogens with zero attached hydrogens (tertiary/aromatic N) is 1. The third-order valence-electron chi connectivity index (χ3n) is 1.52. The van der Waals surface area contributed by atoms with Gasteiger partial charge in [-0.05, 0) is 0 Å². The monoisotopic (exact) mass is 231 g/mol. The minimum atomic E-state index is 0.313. The smallest absolute Gasteiger partial charge is 0.103 e. The van der Waals surface area contributed by atoms with E-state index >= 15 is 0 Å². The fourth-order valence-corrected chi connectivity index (χ4v) is 2.54. The first kappa shape index (κ1) is 12.0. The zero-order chi connectivity index (χ0) is 10.6. The van der Waals surface area contributed by atoms with Gasteiger partial charge in [-0.1, -0.05) is 20.8 Å². The quantitative estimate of drug-likeness (QED) is 0.793. The van der Waals surface area contributed by atoms with Gasteiger partial charge < -0.3 is 4.74 Å². The molecular weight excluding hydrogens is 214 g/mol. The number of thiazole rings is 1. The van der Waals surface area contributed by atoms with Gasteiger partial charge in [-0.2, -0.15) is 0 Å². The molecule has 1 aromatic rings. The van der Waals surface area contributed by atoms with Crippen molar-refractivity contribution in [2.75, 3.05) is 7.11 Å². The second-order valence-corrected chi connectivity index (χ2v) is 6.81. The maximum atomic E-state index is 5.02. The number of hydrogen-bond acceptors (Lipinski definition) is 4. The summed E-state index contributed by atoms with van der Waals surface area (Å²) in [5, 5.41) is 3.26. The van der Waals surface area contributed by atoms with E-state index in [2.05, 4.69) is 31.1 Å². The Morgan fingerprint density at radius 3 is 2.79 bits per heavy atom. The molecule has 80 valence electrons. The Hall–Kier alpha value is -0.0600. The first-order valence-corrected chi connectivity index (χ1v) is 6.44. The summed E-state index contributed by atoms with van der Waals surface area (Å²) in [6.07, 6.45) is 0. The molecule has 0 aliphatic carbocycles. The van der Waals surface area contributed by atoms with Crippen LogP contribution in [0.15, 0.2) is 5.38 Å². The van der Waals surface area contributed by atoms with Crippen molar-refractivity contribution in [1.82, 2.24) is 4.98 Å². The summed E-state index contributed by atoms with van der Waals surface area (Å²) in [7, 11) is 1.70. The lowest BCUT2D eigenvalue weighted by Crippen LogP contribution is -2.07. The molecule has 0 radical (unpaired) electrons. The Kier molecular flexibility index (Phi) is 4.41. The van der Waals surface area contributed by atoms with Crippen LogP contribution < -0.4 is 0 Å². The highest BCUT2D eigenvalue weighted by atomic mass is 32.2. The van der Waals surface area contributed by atoms with Gasteiger partial charge in [-0.25, -0.2) is 4.98 Å². The number of thioether (sulfide) groups is 1. The van der Waals surface area contributed by atoms with E-state index in [0.717, 1.165) is 11.4 Å². The zero-order valence-corrected chi connectivity index (χ0v) is 10.8. The molecule has 1 aromatic heterocycles. The molecule has 2 nitrogen and oxygen atoms in total. The third-order valence-corrected chi connectivity index (χ3v) is 3.88. The van der Waals surface area contributed by atoms with Gasteiger partial charge in [-0.3, -0.25) is 0 Å². The van der Waals surface area contributed by atoms with E-state index in [1.165, 1.54) is 5.01 Å². The highest BCUT2D eigenvalue weighted by molar-refractivity contribution is 7.99. The Bertz CT molecular complexity index is 278. The van der Waals surface area contributed by atoms with Gasteiger partial charge in [0.2, 0.25) is 0 Å². The van der Waals surface area contributed by atoms with E-state index in [9.17, 15) is 0 Å². The molecule has 0 aromatic carbocycles. The van der Waals surface area contributed by atoms with Crippen LogP contribution in [0.1, 0.15) is 31.5 Å². The van der Waals surface area contributed by atoms with Crippen molar-refractivity contribution in [2.45, 2.75) is 37.9 Å². The Morgan fingerprint density at radius 1 is 1.50 bits per heavy atom. The van der Waals surface area contributed by atoms with Crippen LogP contribution in [-0.2, 0) is 17.1 Å². The lowest BCUT2D eigenvalue weighted by atomic mass is 10.3. The summed E-state index contributed by atoms with van der Waals surface area (Å²) in [6, 6.07) is 0. The average molecular weight is 231 g/mol. The summed E-state index contributed by atoms with van der Waals surface area (Å²) >= 11 is 3.64. The van der Waals surface area contributed by atoms with Crippen molar-refractivity contribution in [3.05, 3.63) is 16.1 Å².